The van der Waals surface area contributed by atoms with Crippen molar-refractivity contribution >= 4 is 17.5 Å². The summed E-state index contributed by atoms with van der Waals surface area (Å²) >= 11 is 5.46. The highest BCUT2D eigenvalue weighted by molar-refractivity contribution is 6.27. The van der Waals surface area contributed by atoms with Gasteiger partial charge < -0.3 is 9.80 Å². The van der Waals surface area contributed by atoms with Gasteiger partial charge >= 0.3 is 0 Å². The van der Waals surface area contributed by atoms with Gasteiger partial charge in [-0.05, 0) is 14.0 Å². The molecular weight excluding hydrogens is 176 g/mol. The molecule has 0 spiro atoms. The monoisotopic (exact) mass is 190 g/mol. The molecule has 0 saturated carbocycles. The topological polar surface area (TPSA) is 23.6 Å². The van der Waals surface area contributed by atoms with Crippen molar-refractivity contribution in [3.8, 4) is 0 Å². The van der Waals surface area contributed by atoms with E-state index in [1.807, 2.05) is 4.90 Å². The van der Waals surface area contributed by atoms with Crippen LogP contribution in [-0.2, 0) is 4.79 Å². The Hall–Kier alpha value is -0.280. The number of nitrogens with zero attached hydrogens (tertiary/aromatic N) is 2. The molecule has 70 valence electrons. The number of hydrogen-bond donors (Lipinski definition) is 0. The van der Waals surface area contributed by atoms with Crippen molar-refractivity contribution in [2.24, 2.45) is 0 Å². The van der Waals surface area contributed by atoms with Gasteiger partial charge in [-0.1, -0.05) is 0 Å². The molecule has 1 atom stereocenters. The lowest BCUT2D eigenvalue weighted by molar-refractivity contribution is -0.131. The van der Waals surface area contributed by atoms with Gasteiger partial charge in [0.2, 0.25) is 5.91 Å². The molecule has 0 radical (unpaired) electrons. The van der Waals surface area contributed by atoms with Gasteiger partial charge in [-0.2, -0.15) is 0 Å². The van der Waals surface area contributed by atoms with Gasteiger partial charge in [0.25, 0.3) is 0 Å². The van der Waals surface area contributed by atoms with Crippen molar-refractivity contribution in [3.05, 3.63) is 0 Å². The van der Waals surface area contributed by atoms with E-state index in [0.29, 0.717) is 6.04 Å². The zero-order valence-corrected chi connectivity index (χ0v) is 8.34. The van der Waals surface area contributed by atoms with E-state index in [4.69, 9.17) is 11.6 Å². The lowest BCUT2D eigenvalue weighted by atomic mass is 10.2. The van der Waals surface area contributed by atoms with Crippen LogP contribution in [0, 0.1) is 0 Å². The van der Waals surface area contributed by atoms with Gasteiger partial charge in [0, 0.05) is 25.7 Å². The Morgan fingerprint density at radius 2 is 2.25 bits per heavy atom. The van der Waals surface area contributed by atoms with Crippen LogP contribution in [0.4, 0.5) is 0 Å². The number of piperazine rings is 1. The summed E-state index contributed by atoms with van der Waals surface area (Å²) in [5.74, 6) is 0.160. The van der Waals surface area contributed by atoms with Crippen molar-refractivity contribution < 1.29 is 4.79 Å². The van der Waals surface area contributed by atoms with E-state index in [1.54, 1.807) is 0 Å². The standard InChI is InChI=1S/C8H15ClN2O/c1-7-6-11(8(12)5-9)4-3-10(7)2/h7H,3-6H2,1-2H3. The van der Waals surface area contributed by atoms with Crippen LogP contribution >= 0.6 is 11.6 Å². The summed E-state index contributed by atoms with van der Waals surface area (Å²) < 4.78 is 0. The minimum atomic E-state index is 0.0524. The first-order valence-electron chi connectivity index (χ1n) is 4.19. The van der Waals surface area contributed by atoms with Gasteiger partial charge in [0.15, 0.2) is 0 Å². The maximum absolute atomic E-state index is 11.2. The quantitative estimate of drug-likeness (QED) is 0.559. The zero-order valence-electron chi connectivity index (χ0n) is 7.59. The molecule has 1 aliphatic rings. The second kappa shape index (κ2) is 4.10. The van der Waals surface area contributed by atoms with Crippen LogP contribution in [0.25, 0.3) is 0 Å². The SMILES string of the molecule is CC1CN(C(=O)CCl)CCN1C. The molecule has 1 heterocycles. The molecule has 0 bridgehead atoms. The van der Waals surface area contributed by atoms with Crippen molar-refractivity contribution in [1.29, 1.82) is 0 Å². The lowest BCUT2D eigenvalue weighted by Gasteiger charge is -2.37. The fourth-order valence-corrected chi connectivity index (χ4v) is 1.53. The van der Waals surface area contributed by atoms with Gasteiger partial charge in [-0.25, -0.2) is 0 Å². The van der Waals surface area contributed by atoms with E-state index in [2.05, 4.69) is 18.9 Å². The average molecular weight is 191 g/mol. The summed E-state index contributed by atoms with van der Waals surface area (Å²) in [5.41, 5.74) is 0. The number of alkyl halides is 1. The first-order chi connectivity index (χ1) is 5.65. The molecule has 0 aliphatic carbocycles. The Bertz CT molecular complexity index is 174. The van der Waals surface area contributed by atoms with Crippen LogP contribution in [0.3, 0.4) is 0 Å². The Balaban J connectivity index is 2.45. The van der Waals surface area contributed by atoms with Crippen LogP contribution in [0.5, 0.6) is 0 Å². The summed E-state index contributed by atoms with van der Waals surface area (Å²) in [6.45, 7) is 4.69. The summed E-state index contributed by atoms with van der Waals surface area (Å²) in [6, 6.07) is 0.450. The van der Waals surface area contributed by atoms with Crippen molar-refractivity contribution in [2.75, 3.05) is 32.6 Å². The predicted octanol–water partition coefficient (Wildman–Crippen LogP) is 0.388. The first-order valence-corrected chi connectivity index (χ1v) is 4.72. The Kier molecular flexibility index (Phi) is 3.35. The molecule has 0 N–H and O–H groups in total. The number of halogens is 1. The number of carbonyl (C=O) groups is 1. The molecule has 3 nitrogen and oxygen atoms in total. The fourth-order valence-electron chi connectivity index (χ4n) is 1.36. The van der Waals surface area contributed by atoms with Crippen LogP contribution in [0.2, 0.25) is 0 Å². The van der Waals surface area contributed by atoms with Crippen LogP contribution in [0.15, 0.2) is 0 Å². The van der Waals surface area contributed by atoms with Gasteiger partial charge in [-0.15, -0.1) is 11.6 Å². The van der Waals surface area contributed by atoms with E-state index in [-0.39, 0.29) is 11.8 Å². The van der Waals surface area contributed by atoms with Crippen molar-refractivity contribution in [2.45, 2.75) is 13.0 Å². The Labute approximate surface area is 78.3 Å². The molecule has 1 rings (SSSR count). The summed E-state index contributed by atoms with van der Waals surface area (Å²) in [4.78, 5) is 15.3. The fraction of sp³-hybridized carbons (Fsp3) is 0.875. The average Bonchev–Trinajstić information content (AvgIpc) is 2.08. The second-order valence-electron chi connectivity index (χ2n) is 3.30. The molecule has 4 heteroatoms. The second-order valence-corrected chi connectivity index (χ2v) is 3.57. The molecule has 0 aromatic carbocycles. The minimum Gasteiger partial charge on any atom is -0.339 e. The normalized spacial score (nSPS) is 25.9. The van der Waals surface area contributed by atoms with Crippen molar-refractivity contribution in [3.63, 3.8) is 0 Å². The lowest BCUT2D eigenvalue weighted by Crippen LogP contribution is -2.52. The molecule has 1 saturated heterocycles. The molecule has 1 fully saturated rings. The first kappa shape index (κ1) is 9.81. The highest BCUT2D eigenvalue weighted by atomic mass is 35.5. The Morgan fingerprint density at radius 1 is 1.58 bits per heavy atom. The molecule has 1 unspecified atom stereocenters. The summed E-state index contributed by atoms with van der Waals surface area (Å²) in [6.07, 6.45) is 0. The van der Waals surface area contributed by atoms with Crippen LogP contribution in [-0.4, -0.2) is 54.3 Å². The van der Waals surface area contributed by atoms with Crippen LogP contribution < -0.4 is 0 Å². The summed E-state index contributed by atoms with van der Waals surface area (Å²) in [7, 11) is 2.08. The van der Waals surface area contributed by atoms with E-state index >= 15 is 0 Å². The predicted molar refractivity (Wildman–Crippen MR) is 49.4 cm³/mol. The van der Waals surface area contributed by atoms with Crippen molar-refractivity contribution in [1.82, 2.24) is 9.80 Å². The maximum atomic E-state index is 11.2. The van der Waals surface area contributed by atoms with Gasteiger partial charge in [-0.3, -0.25) is 4.79 Å². The minimum absolute atomic E-state index is 0.0524. The van der Waals surface area contributed by atoms with E-state index in [9.17, 15) is 4.79 Å². The smallest absolute Gasteiger partial charge is 0.237 e. The molecular formula is C8H15ClN2O. The largest absolute Gasteiger partial charge is 0.339 e. The van der Waals surface area contributed by atoms with Gasteiger partial charge in [0.1, 0.15) is 5.88 Å². The number of likely N-dealkylation sites (N-methyl/N-ethyl adjacent to an activating group) is 1. The number of amides is 1. The third-order valence-electron chi connectivity index (χ3n) is 2.43. The highest BCUT2D eigenvalue weighted by Gasteiger charge is 2.23. The summed E-state index contributed by atoms with van der Waals surface area (Å²) in [5, 5.41) is 0. The molecule has 0 aromatic rings. The number of carbonyl (C=O) groups excluding carboxylic acids is 1. The maximum Gasteiger partial charge on any atom is 0.237 e. The molecule has 0 aromatic heterocycles. The molecule has 12 heavy (non-hydrogen) atoms. The van der Waals surface area contributed by atoms with Crippen LogP contribution in [0.1, 0.15) is 6.92 Å². The van der Waals surface area contributed by atoms with E-state index < -0.39 is 0 Å². The highest BCUT2D eigenvalue weighted by Crippen LogP contribution is 2.07. The third-order valence-corrected chi connectivity index (χ3v) is 2.66. The third kappa shape index (κ3) is 2.11. The Morgan fingerprint density at radius 3 is 2.75 bits per heavy atom. The van der Waals surface area contributed by atoms with E-state index in [1.165, 1.54) is 0 Å². The zero-order chi connectivity index (χ0) is 9.14. The number of hydrogen-bond acceptors (Lipinski definition) is 2. The molecule has 1 amide bonds. The van der Waals surface area contributed by atoms with E-state index in [0.717, 1.165) is 19.6 Å². The van der Waals surface area contributed by atoms with Gasteiger partial charge in [0.05, 0.1) is 0 Å². The molecule has 1 aliphatic heterocycles. The number of rotatable bonds is 1.